The second kappa shape index (κ2) is 13.0. The van der Waals surface area contributed by atoms with Crippen molar-refractivity contribution in [2.24, 2.45) is 22.9 Å². The summed E-state index contributed by atoms with van der Waals surface area (Å²) in [5.41, 5.74) is 9.07. The van der Waals surface area contributed by atoms with Crippen LogP contribution in [0.4, 0.5) is 0 Å². The van der Waals surface area contributed by atoms with Crippen LogP contribution >= 0.6 is 0 Å². The van der Waals surface area contributed by atoms with Crippen LogP contribution in [-0.2, 0) is 42.6 Å². The molecule has 4 fully saturated rings. The van der Waals surface area contributed by atoms with Crippen molar-refractivity contribution in [1.29, 1.82) is 0 Å². The lowest BCUT2D eigenvalue weighted by atomic mass is 9.83. The maximum atomic E-state index is 10.6. The summed E-state index contributed by atoms with van der Waals surface area (Å²) >= 11 is 0. The summed E-state index contributed by atoms with van der Waals surface area (Å²) in [6, 6.07) is -0.713. The average Bonchev–Trinajstić information content (AvgIpc) is 3.35. The van der Waals surface area contributed by atoms with Gasteiger partial charge in [0.05, 0.1) is 37.6 Å². The zero-order chi connectivity index (χ0) is 27.6. The predicted octanol–water partition coefficient (Wildman–Crippen LogP) is 2.00. The van der Waals surface area contributed by atoms with Crippen LogP contribution in [0.25, 0.3) is 10.4 Å². The number of azide groups is 1. The summed E-state index contributed by atoms with van der Waals surface area (Å²) in [5.74, 6) is -0.205. The second-order valence-corrected chi connectivity index (χ2v) is 10.7. The van der Waals surface area contributed by atoms with Gasteiger partial charge in [0.15, 0.2) is 18.9 Å². The largest absolute Gasteiger partial charge is 0.390 e. The molecule has 38 heavy (non-hydrogen) atoms. The van der Waals surface area contributed by atoms with Gasteiger partial charge in [-0.05, 0) is 17.9 Å². The first-order chi connectivity index (χ1) is 18.3. The standard InChI is InChI=1S/C25H43N3O10/c1-8-14-18(29)11(2)12(3)23(34-14)37-19-13(4)20(31-6)25(36-15(19)9-30-5)38-21-16-10-33-24(35-16)17(27-28-26)22(21)32-7/h11-25,29H,8-10H2,1-7H3/t11?,12?,13?,14-,15-,16?,17?,18-,19-,20?,21-,22-,23+,24+,25-/m0/s1. The van der Waals surface area contributed by atoms with Gasteiger partial charge in [0.25, 0.3) is 0 Å². The Balaban J connectivity index is 1.53. The van der Waals surface area contributed by atoms with Gasteiger partial charge in [-0.15, -0.1) is 0 Å². The molecule has 6 unspecified atom stereocenters. The molecule has 15 atom stereocenters. The van der Waals surface area contributed by atoms with Gasteiger partial charge in [0.2, 0.25) is 0 Å². The van der Waals surface area contributed by atoms with E-state index in [1.54, 1.807) is 14.2 Å². The Hall–Kier alpha value is -1.09. The Morgan fingerprint density at radius 2 is 1.55 bits per heavy atom. The number of rotatable bonds is 10. The summed E-state index contributed by atoms with van der Waals surface area (Å²) in [6.07, 6.45) is -5.26. The summed E-state index contributed by atoms with van der Waals surface area (Å²) in [4.78, 5) is 2.94. The van der Waals surface area contributed by atoms with Crippen molar-refractivity contribution in [3.8, 4) is 0 Å². The van der Waals surface area contributed by atoms with Crippen molar-refractivity contribution in [3.63, 3.8) is 0 Å². The topological polar surface area (TPSA) is 152 Å². The molecule has 0 spiro atoms. The van der Waals surface area contributed by atoms with Gasteiger partial charge in [0.1, 0.15) is 30.5 Å². The average molecular weight is 546 g/mol. The molecule has 13 heteroatoms. The van der Waals surface area contributed by atoms with E-state index in [0.717, 1.165) is 0 Å². The molecular weight excluding hydrogens is 502 g/mol. The maximum absolute atomic E-state index is 10.6. The van der Waals surface area contributed by atoms with Gasteiger partial charge in [-0.3, -0.25) is 0 Å². The van der Waals surface area contributed by atoms with Crippen LogP contribution in [0.1, 0.15) is 34.1 Å². The van der Waals surface area contributed by atoms with Crippen LogP contribution in [0.3, 0.4) is 0 Å². The van der Waals surface area contributed by atoms with E-state index in [9.17, 15) is 5.11 Å². The quantitative estimate of drug-likeness (QED) is 0.245. The van der Waals surface area contributed by atoms with Crippen LogP contribution in [0.5, 0.6) is 0 Å². The highest BCUT2D eigenvalue weighted by atomic mass is 16.8. The molecule has 4 heterocycles. The second-order valence-electron chi connectivity index (χ2n) is 10.7. The number of hydrogen-bond donors (Lipinski definition) is 1. The first-order valence-electron chi connectivity index (χ1n) is 13.4. The van der Waals surface area contributed by atoms with Crippen molar-refractivity contribution in [2.45, 2.75) is 108 Å². The maximum Gasteiger partial charge on any atom is 0.185 e. The Bertz CT molecular complexity index is 814. The number of fused-ring (bicyclic) bond motifs is 2. The number of nitrogens with zero attached hydrogens (tertiary/aromatic N) is 3. The normalized spacial score (nSPS) is 49.0. The van der Waals surface area contributed by atoms with E-state index in [-0.39, 0.29) is 37.1 Å². The molecular formula is C25H43N3O10. The highest BCUT2D eigenvalue weighted by molar-refractivity contribution is 5.00. The smallest absolute Gasteiger partial charge is 0.185 e. The molecule has 0 radical (unpaired) electrons. The fourth-order valence-electron chi connectivity index (χ4n) is 6.09. The molecule has 1 N–H and O–H groups in total. The lowest BCUT2D eigenvalue weighted by Crippen LogP contribution is -2.62. The predicted molar refractivity (Wildman–Crippen MR) is 132 cm³/mol. The number of methoxy groups -OCH3 is 3. The van der Waals surface area contributed by atoms with Crippen molar-refractivity contribution in [2.75, 3.05) is 34.5 Å². The molecule has 218 valence electrons. The van der Waals surface area contributed by atoms with Gasteiger partial charge >= 0.3 is 0 Å². The molecule has 0 aromatic carbocycles. The molecule has 4 saturated heterocycles. The molecule has 2 bridgehead atoms. The van der Waals surface area contributed by atoms with E-state index in [4.69, 9.17) is 48.2 Å². The first kappa shape index (κ1) is 29.9. The fraction of sp³-hybridized carbons (Fsp3) is 1.00. The van der Waals surface area contributed by atoms with E-state index in [2.05, 4.69) is 10.0 Å². The van der Waals surface area contributed by atoms with Crippen molar-refractivity contribution in [3.05, 3.63) is 10.4 Å². The summed E-state index contributed by atoms with van der Waals surface area (Å²) in [6.45, 7) is 8.58. The Labute approximate surface area is 223 Å². The van der Waals surface area contributed by atoms with Crippen LogP contribution in [0, 0.1) is 17.8 Å². The van der Waals surface area contributed by atoms with Gasteiger partial charge in [-0.2, -0.15) is 0 Å². The van der Waals surface area contributed by atoms with E-state index >= 15 is 0 Å². The van der Waals surface area contributed by atoms with Crippen LogP contribution < -0.4 is 0 Å². The minimum absolute atomic E-state index is 0.00689. The number of aliphatic hydroxyl groups excluding tert-OH is 1. The monoisotopic (exact) mass is 545 g/mol. The van der Waals surface area contributed by atoms with Gasteiger partial charge < -0.3 is 47.7 Å². The Kier molecular flexibility index (Phi) is 10.3. The van der Waals surface area contributed by atoms with E-state index < -0.39 is 67.6 Å². The van der Waals surface area contributed by atoms with Crippen LogP contribution in [-0.4, -0.2) is 113 Å². The fourth-order valence-corrected chi connectivity index (χ4v) is 6.09. The van der Waals surface area contributed by atoms with Crippen molar-refractivity contribution >= 4 is 0 Å². The Morgan fingerprint density at radius 1 is 0.868 bits per heavy atom. The van der Waals surface area contributed by atoms with Crippen molar-refractivity contribution in [1.82, 2.24) is 0 Å². The number of aliphatic hydroxyl groups is 1. The molecule has 0 amide bonds. The molecule has 4 rings (SSSR count). The zero-order valence-electron chi connectivity index (χ0n) is 23.2. The first-order valence-corrected chi connectivity index (χ1v) is 13.4. The van der Waals surface area contributed by atoms with Crippen LogP contribution in [0.2, 0.25) is 0 Å². The molecule has 0 saturated carbocycles. The van der Waals surface area contributed by atoms with E-state index in [1.807, 2.05) is 27.7 Å². The lowest BCUT2D eigenvalue weighted by molar-refractivity contribution is -0.356. The summed E-state index contributed by atoms with van der Waals surface area (Å²) in [7, 11) is 4.74. The molecule has 13 nitrogen and oxygen atoms in total. The molecule has 0 aliphatic carbocycles. The highest BCUT2D eigenvalue weighted by Crippen LogP contribution is 2.40. The Morgan fingerprint density at radius 3 is 2.18 bits per heavy atom. The minimum atomic E-state index is -0.807. The van der Waals surface area contributed by atoms with E-state index in [1.165, 1.54) is 7.11 Å². The third-order valence-electron chi connectivity index (χ3n) is 8.55. The van der Waals surface area contributed by atoms with Gasteiger partial charge in [-0.1, -0.05) is 32.8 Å². The third-order valence-corrected chi connectivity index (χ3v) is 8.55. The zero-order valence-corrected chi connectivity index (χ0v) is 23.2. The van der Waals surface area contributed by atoms with E-state index in [0.29, 0.717) is 6.42 Å². The molecule has 4 aliphatic heterocycles. The van der Waals surface area contributed by atoms with Gasteiger partial charge in [-0.25, -0.2) is 0 Å². The third kappa shape index (κ3) is 5.70. The highest BCUT2D eigenvalue weighted by Gasteiger charge is 2.55. The van der Waals surface area contributed by atoms with Crippen molar-refractivity contribution < 1.29 is 47.7 Å². The molecule has 0 aromatic heterocycles. The molecule has 4 aliphatic rings. The minimum Gasteiger partial charge on any atom is -0.390 e. The van der Waals surface area contributed by atoms with Crippen LogP contribution in [0.15, 0.2) is 5.11 Å². The summed E-state index contributed by atoms with van der Waals surface area (Å²) < 4.78 is 54.4. The number of ether oxygens (including phenoxy) is 9. The van der Waals surface area contributed by atoms with Gasteiger partial charge in [0, 0.05) is 38.1 Å². The molecule has 0 aromatic rings. The number of hydrogen-bond acceptors (Lipinski definition) is 11. The summed E-state index contributed by atoms with van der Waals surface area (Å²) in [5, 5.41) is 14.5. The lowest BCUT2D eigenvalue weighted by Gasteiger charge is -2.49. The SMILES string of the molecule is CC[C@@H]1O[C@H](O[C@H]2C(C)C(OC)[C@H](O[C@H]3C4CO[C@H](O4)C(N=[N+]=[N-])[C@@H]3OC)O[C@H]2COC)C(C)C(C)[C@@H]1O.